The number of amides is 1. The normalized spacial score (nSPS) is 10.6. The van der Waals surface area contributed by atoms with Gasteiger partial charge in [0, 0.05) is 14.8 Å². The van der Waals surface area contributed by atoms with Crippen molar-refractivity contribution in [2.24, 2.45) is 0 Å². The molecule has 0 saturated carbocycles. The van der Waals surface area contributed by atoms with Crippen LogP contribution in [0.15, 0.2) is 59.0 Å². The Labute approximate surface area is 153 Å². The molecule has 0 unspecified atom stereocenters. The highest BCUT2D eigenvalue weighted by molar-refractivity contribution is 14.1. The van der Waals surface area contributed by atoms with Crippen LogP contribution < -0.4 is 5.32 Å². The van der Waals surface area contributed by atoms with E-state index in [1.807, 2.05) is 49.4 Å². The summed E-state index contributed by atoms with van der Waals surface area (Å²) in [4.78, 5) is 12.4. The van der Waals surface area contributed by atoms with Crippen LogP contribution in [0.2, 0.25) is 0 Å². The van der Waals surface area contributed by atoms with Crippen molar-refractivity contribution in [1.82, 2.24) is 0 Å². The number of rotatable bonds is 4. The van der Waals surface area contributed by atoms with Gasteiger partial charge in [-0.3, -0.25) is 4.79 Å². The first kappa shape index (κ1) is 16.7. The molecule has 5 heteroatoms. The van der Waals surface area contributed by atoms with Gasteiger partial charge in [-0.2, -0.15) is 0 Å². The predicted octanol–water partition coefficient (Wildman–Crippen LogP) is 4.60. The third-order valence-electron chi connectivity index (χ3n) is 3.69. The highest BCUT2D eigenvalue weighted by atomic mass is 127. The largest absolute Gasteiger partial charge is 0.459 e. The number of carbonyl (C=O) groups is 1. The second-order valence-electron chi connectivity index (χ2n) is 5.39. The number of carbonyl (C=O) groups excluding carboxylic acids is 1. The van der Waals surface area contributed by atoms with Crippen molar-refractivity contribution in [2.75, 3.05) is 5.32 Å². The molecule has 0 atom stereocenters. The van der Waals surface area contributed by atoms with Gasteiger partial charge in [-0.05, 0) is 77.5 Å². The third kappa shape index (κ3) is 3.52. The van der Waals surface area contributed by atoms with E-state index >= 15 is 0 Å². The molecule has 2 N–H and O–H groups in total. The van der Waals surface area contributed by atoms with Crippen molar-refractivity contribution in [3.8, 4) is 11.3 Å². The SMILES string of the molecule is Cc1cc(NC(=O)c2ccccc2I)ccc1-c1ccc(CO)o1. The van der Waals surface area contributed by atoms with Gasteiger partial charge in [0.25, 0.3) is 5.91 Å². The molecule has 0 radical (unpaired) electrons. The number of nitrogens with one attached hydrogen (secondary N) is 1. The first-order valence-corrected chi connectivity index (χ1v) is 8.53. The Hall–Kier alpha value is -2.12. The van der Waals surface area contributed by atoms with Crippen LogP contribution in [-0.4, -0.2) is 11.0 Å². The number of aliphatic hydroxyl groups excluding tert-OH is 1. The van der Waals surface area contributed by atoms with Crippen LogP contribution in [0.5, 0.6) is 0 Å². The standard InChI is InChI=1S/C19H16INO3/c1-12-10-13(21-19(23)16-4-2-3-5-17(16)20)6-8-15(12)18-9-7-14(11-22)24-18/h2-10,22H,11H2,1H3,(H,21,23). The lowest BCUT2D eigenvalue weighted by atomic mass is 10.1. The van der Waals surface area contributed by atoms with E-state index in [0.29, 0.717) is 17.1 Å². The molecule has 1 aromatic heterocycles. The maximum Gasteiger partial charge on any atom is 0.256 e. The quantitative estimate of drug-likeness (QED) is 0.592. The summed E-state index contributed by atoms with van der Waals surface area (Å²) in [6.07, 6.45) is 0. The summed E-state index contributed by atoms with van der Waals surface area (Å²) in [7, 11) is 0. The van der Waals surface area contributed by atoms with Gasteiger partial charge >= 0.3 is 0 Å². The first-order valence-electron chi connectivity index (χ1n) is 7.45. The molecule has 2 aromatic carbocycles. The molecule has 0 fully saturated rings. The number of aliphatic hydroxyl groups is 1. The topological polar surface area (TPSA) is 62.5 Å². The van der Waals surface area contributed by atoms with Crippen molar-refractivity contribution >= 4 is 34.2 Å². The van der Waals surface area contributed by atoms with Crippen molar-refractivity contribution in [3.05, 3.63) is 75.1 Å². The summed E-state index contributed by atoms with van der Waals surface area (Å²) in [5.74, 6) is 1.10. The zero-order chi connectivity index (χ0) is 17.1. The maximum atomic E-state index is 12.4. The molecule has 0 aliphatic rings. The number of halogens is 1. The Balaban J connectivity index is 1.82. The molecule has 1 amide bonds. The minimum Gasteiger partial charge on any atom is -0.459 e. The number of benzene rings is 2. The van der Waals surface area contributed by atoms with Crippen LogP contribution >= 0.6 is 22.6 Å². The number of hydrogen-bond donors (Lipinski definition) is 2. The summed E-state index contributed by atoms with van der Waals surface area (Å²) in [5, 5.41) is 12.0. The molecular formula is C19H16INO3. The summed E-state index contributed by atoms with van der Waals surface area (Å²) in [6.45, 7) is 1.83. The average Bonchev–Trinajstić information content (AvgIpc) is 3.04. The number of aryl methyl sites for hydroxylation is 1. The molecular weight excluding hydrogens is 417 g/mol. The highest BCUT2D eigenvalue weighted by Gasteiger charge is 2.12. The molecule has 0 saturated heterocycles. The van der Waals surface area contributed by atoms with E-state index in [0.717, 1.165) is 20.4 Å². The molecule has 24 heavy (non-hydrogen) atoms. The molecule has 0 aliphatic carbocycles. The van der Waals surface area contributed by atoms with Gasteiger partial charge in [0.2, 0.25) is 0 Å². The van der Waals surface area contributed by atoms with Crippen LogP contribution in [0, 0.1) is 10.5 Å². The van der Waals surface area contributed by atoms with Crippen molar-refractivity contribution in [2.45, 2.75) is 13.5 Å². The number of furan rings is 1. The van der Waals surface area contributed by atoms with Gasteiger partial charge in [-0.25, -0.2) is 0 Å². The van der Waals surface area contributed by atoms with Gasteiger partial charge in [0.1, 0.15) is 18.1 Å². The van der Waals surface area contributed by atoms with Crippen molar-refractivity contribution in [3.63, 3.8) is 0 Å². The van der Waals surface area contributed by atoms with E-state index in [-0.39, 0.29) is 12.5 Å². The van der Waals surface area contributed by atoms with Gasteiger partial charge in [0.05, 0.1) is 5.56 Å². The minimum absolute atomic E-state index is 0.122. The number of hydrogen-bond acceptors (Lipinski definition) is 3. The Morgan fingerprint density at radius 3 is 2.62 bits per heavy atom. The zero-order valence-electron chi connectivity index (χ0n) is 13.0. The fraction of sp³-hybridized carbons (Fsp3) is 0.105. The molecule has 122 valence electrons. The van der Waals surface area contributed by atoms with Gasteiger partial charge in [-0.1, -0.05) is 12.1 Å². The Morgan fingerprint density at radius 2 is 1.96 bits per heavy atom. The summed E-state index contributed by atoms with van der Waals surface area (Å²) in [5.41, 5.74) is 3.30. The second kappa shape index (κ2) is 7.19. The summed E-state index contributed by atoms with van der Waals surface area (Å²) < 4.78 is 6.48. The van der Waals surface area contributed by atoms with Gasteiger partial charge in [0.15, 0.2) is 0 Å². The van der Waals surface area contributed by atoms with Gasteiger partial charge in [-0.15, -0.1) is 0 Å². The minimum atomic E-state index is -0.132. The summed E-state index contributed by atoms with van der Waals surface area (Å²) >= 11 is 2.15. The average molecular weight is 433 g/mol. The van der Waals surface area contributed by atoms with E-state index in [1.54, 1.807) is 12.1 Å². The van der Waals surface area contributed by atoms with Crippen LogP contribution in [0.25, 0.3) is 11.3 Å². The molecule has 3 rings (SSSR count). The second-order valence-corrected chi connectivity index (χ2v) is 6.55. The zero-order valence-corrected chi connectivity index (χ0v) is 15.2. The first-order chi connectivity index (χ1) is 11.6. The predicted molar refractivity (Wildman–Crippen MR) is 102 cm³/mol. The fourth-order valence-electron chi connectivity index (χ4n) is 2.47. The molecule has 3 aromatic rings. The summed E-state index contributed by atoms with van der Waals surface area (Å²) in [6, 6.07) is 16.7. The Morgan fingerprint density at radius 1 is 1.17 bits per heavy atom. The van der Waals surface area contributed by atoms with E-state index < -0.39 is 0 Å². The number of anilines is 1. The lowest BCUT2D eigenvalue weighted by Crippen LogP contribution is -2.13. The molecule has 0 spiro atoms. The third-order valence-corrected chi connectivity index (χ3v) is 4.63. The molecule has 1 heterocycles. The molecule has 0 bridgehead atoms. The lowest BCUT2D eigenvalue weighted by molar-refractivity contribution is 0.102. The van der Waals surface area contributed by atoms with E-state index in [4.69, 9.17) is 9.52 Å². The van der Waals surface area contributed by atoms with E-state index in [2.05, 4.69) is 27.9 Å². The van der Waals surface area contributed by atoms with E-state index in [9.17, 15) is 4.79 Å². The molecule has 0 aliphatic heterocycles. The van der Waals surface area contributed by atoms with Crippen LogP contribution in [0.3, 0.4) is 0 Å². The highest BCUT2D eigenvalue weighted by Crippen LogP contribution is 2.28. The van der Waals surface area contributed by atoms with Crippen molar-refractivity contribution < 1.29 is 14.3 Å². The van der Waals surface area contributed by atoms with Gasteiger partial charge < -0.3 is 14.8 Å². The van der Waals surface area contributed by atoms with Crippen LogP contribution in [0.4, 0.5) is 5.69 Å². The Kier molecular flexibility index (Phi) is 5.01. The smallest absolute Gasteiger partial charge is 0.256 e. The fourth-order valence-corrected chi connectivity index (χ4v) is 3.10. The van der Waals surface area contributed by atoms with E-state index in [1.165, 1.54) is 0 Å². The maximum absolute atomic E-state index is 12.4. The van der Waals surface area contributed by atoms with Crippen LogP contribution in [-0.2, 0) is 6.61 Å². The Bertz CT molecular complexity index is 886. The molecule has 4 nitrogen and oxygen atoms in total. The lowest BCUT2D eigenvalue weighted by Gasteiger charge is -2.09. The van der Waals surface area contributed by atoms with Crippen molar-refractivity contribution in [1.29, 1.82) is 0 Å². The monoisotopic (exact) mass is 433 g/mol. The van der Waals surface area contributed by atoms with Crippen LogP contribution in [0.1, 0.15) is 21.7 Å².